The summed E-state index contributed by atoms with van der Waals surface area (Å²) in [6.45, 7) is 2.72. The van der Waals surface area contributed by atoms with E-state index >= 15 is 0 Å². The van der Waals surface area contributed by atoms with Crippen LogP contribution in [0.2, 0.25) is 0 Å². The minimum atomic E-state index is 0.170. The number of thioether (sulfide) groups is 1. The zero-order chi connectivity index (χ0) is 12.1. The van der Waals surface area contributed by atoms with Crippen molar-refractivity contribution in [1.29, 1.82) is 0 Å². The molecule has 3 nitrogen and oxygen atoms in total. The quantitative estimate of drug-likeness (QED) is 0.754. The topological polar surface area (TPSA) is 39.2 Å². The molecular weight excluding hydrogens is 234 g/mol. The highest BCUT2D eigenvalue weighted by atomic mass is 32.2. The molecule has 1 aliphatic rings. The van der Waals surface area contributed by atoms with Gasteiger partial charge in [-0.2, -0.15) is 11.8 Å². The first-order valence-corrected chi connectivity index (χ1v) is 7.16. The summed E-state index contributed by atoms with van der Waals surface area (Å²) in [4.78, 5) is 16.2. The van der Waals surface area contributed by atoms with Crippen LogP contribution in [0.5, 0.6) is 5.75 Å². The molecule has 0 bridgehead atoms. The van der Waals surface area contributed by atoms with Gasteiger partial charge in [0.2, 0.25) is 0 Å². The number of hydrogen-bond donors (Lipinski definition) is 0. The van der Waals surface area contributed by atoms with Crippen molar-refractivity contribution in [3.05, 3.63) is 24.0 Å². The van der Waals surface area contributed by atoms with Gasteiger partial charge in [0.1, 0.15) is 5.75 Å². The van der Waals surface area contributed by atoms with Crippen LogP contribution in [-0.4, -0.2) is 28.9 Å². The molecule has 0 aliphatic carbocycles. The first-order valence-electron chi connectivity index (χ1n) is 6.01. The maximum absolute atomic E-state index is 12.2. The van der Waals surface area contributed by atoms with Gasteiger partial charge in [0.05, 0.1) is 12.8 Å². The highest BCUT2D eigenvalue weighted by molar-refractivity contribution is 7.99. The highest BCUT2D eigenvalue weighted by Gasteiger charge is 2.24. The molecule has 1 saturated heterocycles. The number of ether oxygens (including phenoxy) is 1. The van der Waals surface area contributed by atoms with Crippen molar-refractivity contribution >= 4 is 17.5 Å². The van der Waals surface area contributed by atoms with Gasteiger partial charge in [0.25, 0.3) is 0 Å². The first-order chi connectivity index (χ1) is 8.31. The van der Waals surface area contributed by atoms with Crippen LogP contribution in [0, 0.1) is 5.92 Å². The van der Waals surface area contributed by atoms with Crippen LogP contribution < -0.4 is 4.74 Å². The van der Waals surface area contributed by atoms with Gasteiger partial charge in [-0.25, -0.2) is 0 Å². The Bertz CT molecular complexity index is 389. The molecule has 4 heteroatoms. The van der Waals surface area contributed by atoms with E-state index in [4.69, 9.17) is 4.74 Å². The predicted octanol–water partition coefficient (Wildman–Crippen LogP) is 2.81. The van der Waals surface area contributed by atoms with E-state index < -0.39 is 0 Å². The summed E-state index contributed by atoms with van der Waals surface area (Å²) in [5.41, 5.74) is 0.686. The van der Waals surface area contributed by atoms with E-state index in [1.54, 1.807) is 12.4 Å². The number of rotatable bonds is 5. The van der Waals surface area contributed by atoms with Gasteiger partial charge < -0.3 is 4.74 Å². The van der Waals surface area contributed by atoms with Crippen molar-refractivity contribution in [1.82, 2.24) is 4.98 Å². The van der Waals surface area contributed by atoms with Crippen molar-refractivity contribution in [3.63, 3.8) is 0 Å². The number of Topliss-reactive ketones (excluding diaryl/α,β-unsaturated/α-hetero) is 1. The molecule has 2 rings (SSSR count). The Morgan fingerprint density at radius 1 is 1.59 bits per heavy atom. The van der Waals surface area contributed by atoms with Crippen LogP contribution in [0.3, 0.4) is 0 Å². The molecule has 0 spiro atoms. The summed E-state index contributed by atoms with van der Waals surface area (Å²) in [7, 11) is 0. The Morgan fingerprint density at radius 2 is 2.47 bits per heavy atom. The third kappa shape index (κ3) is 3.22. The van der Waals surface area contributed by atoms with Crippen LogP contribution in [0.1, 0.15) is 30.1 Å². The molecule has 0 radical (unpaired) electrons. The largest absolute Gasteiger partial charge is 0.492 e. The van der Waals surface area contributed by atoms with Crippen LogP contribution in [0.4, 0.5) is 0 Å². The number of ketones is 1. The first kappa shape index (κ1) is 12.4. The van der Waals surface area contributed by atoms with E-state index in [-0.39, 0.29) is 11.7 Å². The zero-order valence-electron chi connectivity index (χ0n) is 10.0. The molecule has 0 aromatic carbocycles. The fraction of sp³-hybridized carbons (Fsp3) is 0.538. The van der Waals surface area contributed by atoms with Gasteiger partial charge in [-0.1, -0.05) is 6.92 Å². The second-order valence-corrected chi connectivity index (χ2v) is 5.33. The standard InChI is InChI=1S/C13H17NO2S/c1-2-4-16-12-6-11(7-14-8-12)13(15)10-3-5-17-9-10/h6-8,10H,2-5,9H2,1H3. The third-order valence-corrected chi connectivity index (χ3v) is 3.93. The minimum Gasteiger partial charge on any atom is -0.492 e. The lowest BCUT2D eigenvalue weighted by atomic mass is 9.98. The molecule has 1 aromatic rings. The summed E-state index contributed by atoms with van der Waals surface area (Å²) in [6.07, 6.45) is 5.25. The van der Waals surface area contributed by atoms with Crippen molar-refractivity contribution in [3.8, 4) is 5.75 Å². The van der Waals surface area contributed by atoms with Crippen molar-refractivity contribution in [2.75, 3.05) is 18.1 Å². The predicted molar refractivity (Wildman–Crippen MR) is 69.8 cm³/mol. The zero-order valence-corrected chi connectivity index (χ0v) is 10.8. The summed E-state index contributed by atoms with van der Waals surface area (Å²) >= 11 is 1.85. The summed E-state index contributed by atoms with van der Waals surface area (Å²) in [6, 6.07) is 1.81. The molecule has 0 amide bonds. The summed E-state index contributed by atoms with van der Waals surface area (Å²) < 4.78 is 5.49. The molecule has 1 aliphatic heterocycles. The van der Waals surface area contributed by atoms with Gasteiger partial charge >= 0.3 is 0 Å². The number of carbonyl (C=O) groups excluding carboxylic acids is 1. The van der Waals surface area contributed by atoms with Gasteiger partial charge in [0, 0.05) is 23.4 Å². The monoisotopic (exact) mass is 251 g/mol. The van der Waals surface area contributed by atoms with Gasteiger partial charge in [0.15, 0.2) is 5.78 Å². The molecule has 2 heterocycles. The smallest absolute Gasteiger partial charge is 0.168 e. The second kappa shape index (κ2) is 6.05. The lowest BCUT2D eigenvalue weighted by Gasteiger charge is -2.09. The van der Waals surface area contributed by atoms with Crippen molar-refractivity contribution in [2.45, 2.75) is 19.8 Å². The molecule has 1 unspecified atom stereocenters. The second-order valence-electron chi connectivity index (χ2n) is 4.18. The van der Waals surface area contributed by atoms with E-state index in [9.17, 15) is 4.79 Å². The highest BCUT2D eigenvalue weighted by Crippen LogP contribution is 2.27. The Balaban J connectivity index is 2.06. The average Bonchev–Trinajstić information content (AvgIpc) is 2.89. The van der Waals surface area contributed by atoms with Gasteiger partial charge in [-0.05, 0) is 24.7 Å². The van der Waals surface area contributed by atoms with Crippen LogP contribution in [0.25, 0.3) is 0 Å². The maximum Gasteiger partial charge on any atom is 0.168 e. The number of hydrogen-bond acceptors (Lipinski definition) is 4. The van der Waals surface area contributed by atoms with E-state index in [1.807, 2.05) is 17.8 Å². The Kier molecular flexibility index (Phi) is 4.42. The average molecular weight is 251 g/mol. The lowest BCUT2D eigenvalue weighted by Crippen LogP contribution is -2.14. The molecule has 92 valence electrons. The minimum absolute atomic E-state index is 0.170. The normalized spacial score (nSPS) is 19.2. The fourth-order valence-corrected chi connectivity index (χ4v) is 3.05. The third-order valence-electron chi connectivity index (χ3n) is 2.77. The SMILES string of the molecule is CCCOc1cncc(C(=O)C2CCSC2)c1. The molecule has 1 aromatic heterocycles. The van der Waals surface area contributed by atoms with Gasteiger partial charge in [-0.15, -0.1) is 0 Å². The molecule has 17 heavy (non-hydrogen) atoms. The number of carbonyl (C=O) groups is 1. The fourth-order valence-electron chi connectivity index (χ4n) is 1.83. The van der Waals surface area contributed by atoms with Crippen molar-refractivity contribution in [2.24, 2.45) is 5.92 Å². The summed E-state index contributed by atoms with van der Waals surface area (Å²) in [5.74, 6) is 3.12. The summed E-state index contributed by atoms with van der Waals surface area (Å²) in [5, 5.41) is 0. The maximum atomic E-state index is 12.2. The van der Waals surface area contributed by atoms with Crippen LogP contribution in [0.15, 0.2) is 18.5 Å². The van der Waals surface area contributed by atoms with Crippen molar-refractivity contribution < 1.29 is 9.53 Å². The Hall–Kier alpha value is -1.03. The molecule has 1 fully saturated rings. The molecule has 1 atom stereocenters. The van der Waals surface area contributed by atoms with Crippen LogP contribution in [-0.2, 0) is 0 Å². The van der Waals surface area contributed by atoms with E-state index in [0.717, 1.165) is 24.3 Å². The molecule has 0 N–H and O–H groups in total. The number of aromatic nitrogens is 1. The van der Waals surface area contributed by atoms with E-state index in [1.165, 1.54) is 0 Å². The lowest BCUT2D eigenvalue weighted by molar-refractivity contribution is 0.0933. The van der Waals surface area contributed by atoms with E-state index in [0.29, 0.717) is 17.9 Å². The van der Waals surface area contributed by atoms with Gasteiger partial charge in [-0.3, -0.25) is 9.78 Å². The Labute approximate surface area is 106 Å². The van der Waals surface area contributed by atoms with Crippen LogP contribution >= 0.6 is 11.8 Å². The Morgan fingerprint density at radius 3 is 3.18 bits per heavy atom. The van der Waals surface area contributed by atoms with E-state index in [2.05, 4.69) is 11.9 Å². The number of nitrogens with zero attached hydrogens (tertiary/aromatic N) is 1. The number of pyridine rings is 1. The molecule has 0 saturated carbocycles. The molecular formula is C13H17NO2S.